The van der Waals surface area contributed by atoms with Gasteiger partial charge in [0, 0.05) is 25.0 Å². The Morgan fingerprint density at radius 3 is 2.17 bits per heavy atom. The van der Waals surface area contributed by atoms with Crippen LogP contribution in [0, 0.1) is 17.3 Å². The Balaban J connectivity index is 2.09. The molecule has 2 fully saturated rings. The van der Waals surface area contributed by atoms with Crippen LogP contribution in [0.5, 0.6) is 0 Å². The summed E-state index contributed by atoms with van der Waals surface area (Å²) in [6.45, 7) is 12.2. The lowest BCUT2D eigenvalue weighted by Gasteiger charge is -2.45. The Labute approximate surface area is 138 Å². The lowest BCUT2D eigenvalue weighted by molar-refractivity contribution is -0.159. The molecule has 2 unspecified atom stereocenters. The van der Waals surface area contributed by atoms with Gasteiger partial charge in [0.05, 0.1) is 5.92 Å². The molecule has 2 heterocycles. The summed E-state index contributed by atoms with van der Waals surface area (Å²) < 4.78 is 5.40. The van der Waals surface area contributed by atoms with Crippen molar-refractivity contribution in [3.05, 3.63) is 0 Å². The predicted molar refractivity (Wildman–Crippen MR) is 85.6 cm³/mol. The first kappa shape index (κ1) is 17.8. The maximum Gasteiger partial charge on any atom is 0.410 e. The van der Waals surface area contributed by atoms with E-state index >= 15 is 0 Å². The number of ether oxygens (including phenoxy) is 1. The normalized spacial score (nSPS) is 25.4. The average Bonchev–Trinajstić information content (AvgIpc) is 2.39. The van der Waals surface area contributed by atoms with Crippen molar-refractivity contribution in [2.75, 3.05) is 19.6 Å². The number of carbonyl (C=O) groups is 3. The number of fused-ring (bicyclic) bond motifs is 2. The fraction of sp³-hybridized carbons (Fsp3) is 0.824. The van der Waals surface area contributed by atoms with E-state index in [0.717, 1.165) is 6.42 Å². The number of likely N-dealkylation sites (tertiary alicyclic amines) is 2. The number of piperidine rings is 2. The largest absolute Gasteiger partial charge is 0.444 e. The fourth-order valence-electron chi connectivity index (χ4n) is 3.15. The van der Waals surface area contributed by atoms with Crippen LogP contribution in [0.3, 0.4) is 0 Å². The summed E-state index contributed by atoms with van der Waals surface area (Å²) in [4.78, 5) is 40.3. The van der Waals surface area contributed by atoms with Crippen LogP contribution >= 0.6 is 0 Å². The maximum atomic E-state index is 12.6. The summed E-state index contributed by atoms with van der Waals surface area (Å²) in [7, 11) is 0. The number of nitrogens with zero attached hydrogens (tertiary/aromatic N) is 2. The van der Waals surface area contributed by atoms with E-state index in [0.29, 0.717) is 19.6 Å². The first-order valence-electron chi connectivity index (χ1n) is 8.22. The lowest BCUT2D eigenvalue weighted by atomic mass is 9.82. The van der Waals surface area contributed by atoms with Gasteiger partial charge in [0.25, 0.3) is 0 Å². The quantitative estimate of drug-likeness (QED) is 0.685. The summed E-state index contributed by atoms with van der Waals surface area (Å²) in [6.07, 6.45) is 0.363. The summed E-state index contributed by atoms with van der Waals surface area (Å²) >= 11 is 0. The number of amides is 3. The third-order valence-corrected chi connectivity index (χ3v) is 4.13. The smallest absolute Gasteiger partial charge is 0.410 e. The van der Waals surface area contributed by atoms with Gasteiger partial charge in [0.2, 0.25) is 11.8 Å². The molecule has 0 spiro atoms. The van der Waals surface area contributed by atoms with E-state index in [9.17, 15) is 14.4 Å². The first-order valence-corrected chi connectivity index (χ1v) is 8.22. The predicted octanol–water partition coefficient (Wildman–Crippen LogP) is 2.27. The van der Waals surface area contributed by atoms with Crippen molar-refractivity contribution in [1.29, 1.82) is 0 Å². The third-order valence-electron chi connectivity index (χ3n) is 4.13. The van der Waals surface area contributed by atoms with Crippen molar-refractivity contribution < 1.29 is 19.1 Å². The Bertz CT molecular complexity index is 516. The van der Waals surface area contributed by atoms with Crippen molar-refractivity contribution in [3.8, 4) is 0 Å². The van der Waals surface area contributed by atoms with Gasteiger partial charge >= 0.3 is 6.09 Å². The van der Waals surface area contributed by atoms with Crippen molar-refractivity contribution in [3.63, 3.8) is 0 Å². The number of hydrogen-bond acceptors (Lipinski definition) is 4. The molecule has 2 atom stereocenters. The Morgan fingerprint density at radius 1 is 1.04 bits per heavy atom. The number of imide groups is 1. The zero-order chi connectivity index (χ0) is 17.6. The molecule has 0 saturated carbocycles. The van der Waals surface area contributed by atoms with E-state index in [1.54, 1.807) is 4.90 Å². The van der Waals surface area contributed by atoms with Gasteiger partial charge in [-0.15, -0.1) is 0 Å². The molecular weight excluding hydrogens is 296 g/mol. The van der Waals surface area contributed by atoms with Crippen LogP contribution in [0.25, 0.3) is 0 Å². The number of rotatable bonds is 0. The molecule has 2 bridgehead atoms. The second-order valence-electron chi connectivity index (χ2n) is 8.69. The van der Waals surface area contributed by atoms with Gasteiger partial charge in [-0.1, -0.05) is 20.8 Å². The maximum absolute atomic E-state index is 12.6. The molecule has 0 aliphatic carbocycles. The molecule has 2 saturated heterocycles. The van der Waals surface area contributed by atoms with Crippen molar-refractivity contribution in [1.82, 2.24) is 9.80 Å². The molecule has 6 nitrogen and oxygen atoms in total. The molecule has 6 heteroatoms. The lowest BCUT2D eigenvalue weighted by Crippen LogP contribution is -2.59. The van der Waals surface area contributed by atoms with E-state index in [2.05, 4.69) is 0 Å². The topological polar surface area (TPSA) is 66.9 Å². The molecular formula is C17H28N2O4. The van der Waals surface area contributed by atoms with Gasteiger partial charge in [0.1, 0.15) is 5.60 Å². The Kier molecular flexibility index (Phi) is 4.48. The summed E-state index contributed by atoms with van der Waals surface area (Å²) in [5.41, 5.74) is -1.13. The van der Waals surface area contributed by atoms with Crippen LogP contribution in [0.4, 0.5) is 4.79 Å². The molecule has 3 amide bonds. The van der Waals surface area contributed by atoms with Gasteiger partial charge < -0.3 is 9.64 Å². The Morgan fingerprint density at radius 2 is 1.65 bits per heavy atom. The van der Waals surface area contributed by atoms with Crippen LogP contribution in [-0.2, 0) is 14.3 Å². The molecule has 2 aliphatic heterocycles. The van der Waals surface area contributed by atoms with Gasteiger partial charge in [-0.05, 0) is 33.1 Å². The zero-order valence-electron chi connectivity index (χ0n) is 15.0. The fourth-order valence-corrected chi connectivity index (χ4v) is 3.15. The van der Waals surface area contributed by atoms with Crippen molar-refractivity contribution >= 4 is 17.9 Å². The second kappa shape index (κ2) is 5.80. The van der Waals surface area contributed by atoms with Crippen LogP contribution in [0.1, 0.15) is 48.0 Å². The summed E-state index contributed by atoms with van der Waals surface area (Å²) in [5.74, 6) is -0.469. The van der Waals surface area contributed by atoms with E-state index in [-0.39, 0.29) is 29.7 Å². The van der Waals surface area contributed by atoms with Crippen molar-refractivity contribution in [2.24, 2.45) is 17.3 Å². The molecule has 23 heavy (non-hydrogen) atoms. The molecule has 2 rings (SSSR count). The molecule has 0 N–H and O–H groups in total. The minimum atomic E-state index is -0.577. The molecule has 0 aromatic carbocycles. The van der Waals surface area contributed by atoms with Crippen LogP contribution in [0.15, 0.2) is 0 Å². The van der Waals surface area contributed by atoms with E-state index in [4.69, 9.17) is 4.74 Å². The second-order valence-corrected chi connectivity index (χ2v) is 8.69. The van der Waals surface area contributed by atoms with Gasteiger partial charge in [-0.3, -0.25) is 14.5 Å². The zero-order valence-corrected chi connectivity index (χ0v) is 15.0. The summed E-state index contributed by atoms with van der Waals surface area (Å²) in [6, 6.07) is 0. The minimum absolute atomic E-state index is 0.130. The Hall–Kier alpha value is -1.59. The van der Waals surface area contributed by atoms with E-state index in [1.165, 1.54) is 4.90 Å². The minimum Gasteiger partial charge on any atom is -0.444 e. The highest BCUT2D eigenvalue weighted by molar-refractivity contribution is 5.99. The molecule has 2 aliphatic rings. The van der Waals surface area contributed by atoms with E-state index < -0.39 is 11.0 Å². The standard InChI is InChI=1S/C17H28N2O4/c1-16(2,3)14(21)19-9-11-7-12(13(19)20)10-18(8-11)15(22)23-17(4,5)6/h11-12H,7-10H2,1-6H3. The highest BCUT2D eigenvalue weighted by Gasteiger charge is 2.45. The van der Waals surface area contributed by atoms with Gasteiger partial charge in [-0.25, -0.2) is 4.79 Å². The van der Waals surface area contributed by atoms with Crippen LogP contribution in [-0.4, -0.2) is 52.9 Å². The molecule has 0 aromatic rings. The average molecular weight is 324 g/mol. The molecule has 0 radical (unpaired) electrons. The third kappa shape index (κ3) is 4.03. The van der Waals surface area contributed by atoms with Gasteiger partial charge in [-0.2, -0.15) is 0 Å². The highest BCUT2D eigenvalue weighted by Crippen LogP contribution is 2.32. The number of carbonyl (C=O) groups excluding carboxylic acids is 3. The summed E-state index contributed by atoms with van der Waals surface area (Å²) in [5, 5.41) is 0. The first-order chi connectivity index (χ1) is 10.4. The monoisotopic (exact) mass is 324 g/mol. The molecule has 0 aromatic heterocycles. The van der Waals surface area contributed by atoms with Gasteiger partial charge in [0.15, 0.2) is 0 Å². The van der Waals surface area contributed by atoms with Crippen LogP contribution < -0.4 is 0 Å². The highest BCUT2D eigenvalue weighted by atomic mass is 16.6. The van der Waals surface area contributed by atoms with E-state index in [1.807, 2.05) is 41.5 Å². The molecule has 130 valence electrons. The van der Waals surface area contributed by atoms with Crippen LogP contribution in [0.2, 0.25) is 0 Å². The SMILES string of the molecule is CC(C)(C)OC(=O)N1CC2CC(C1)C(=O)N(C(=O)C(C)(C)C)C2. The van der Waals surface area contributed by atoms with Crippen molar-refractivity contribution in [2.45, 2.75) is 53.6 Å². The number of hydrogen-bond donors (Lipinski definition) is 0.